The maximum Gasteiger partial charge on any atom is 0.203 e. The Kier molecular flexibility index (Phi) is 3.19. The number of rotatable bonds is 3. The van der Waals surface area contributed by atoms with E-state index in [0.29, 0.717) is 12.1 Å². The first-order valence-electron chi connectivity index (χ1n) is 6.07. The van der Waals surface area contributed by atoms with Crippen molar-refractivity contribution >= 4 is 5.95 Å². The van der Waals surface area contributed by atoms with Crippen LogP contribution in [0.3, 0.4) is 0 Å². The van der Waals surface area contributed by atoms with Crippen LogP contribution in [-0.2, 0) is 0 Å². The molecule has 2 heterocycles. The van der Waals surface area contributed by atoms with E-state index in [1.54, 1.807) is 0 Å². The van der Waals surface area contributed by atoms with Crippen molar-refractivity contribution in [1.82, 2.24) is 14.5 Å². The number of anilines is 1. The van der Waals surface area contributed by atoms with Crippen LogP contribution in [0.5, 0.6) is 0 Å². The zero-order valence-corrected chi connectivity index (χ0v) is 10.7. The van der Waals surface area contributed by atoms with Gasteiger partial charge in [-0.1, -0.05) is 0 Å². The van der Waals surface area contributed by atoms with Crippen LogP contribution in [0.1, 0.15) is 32.0 Å². The topological polar surface area (TPSA) is 33.1 Å². The summed E-state index contributed by atoms with van der Waals surface area (Å²) in [6.07, 6.45) is 3.33. The lowest BCUT2D eigenvalue weighted by atomic mass is 10.3. The Morgan fingerprint density at radius 2 is 2.25 bits per heavy atom. The van der Waals surface area contributed by atoms with Crippen LogP contribution in [0.25, 0.3) is 0 Å². The fourth-order valence-corrected chi connectivity index (χ4v) is 2.25. The molecule has 1 N–H and O–H groups in total. The number of aryl methyl sites for hydroxylation is 1. The summed E-state index contributed by atoms with van der Waals surface area (Å²) in [4.78, 5) is 6.91. The van der Waals surface area contributed by atoms with Crippen molar-refractivity contribution in [3.8, 4) is 0 Å². The van der Waals surface area contributed by atoms with Crippen molar-refractivity contribution in [3.05, 3.63) is 11.9 Å². The molecular weight excluding hydrogens is 200 g/mol. The van der Waals surface area contributed by atoms with Gasteiger partial charge in [-0.25, -0.2) is 4.98 Å². The van der Waals surface area contributed by atoms with Crippen molar-refractivity contribution in [1.29, 1.82) is 0 Å². The van der Waals surface area contributed by atoms with E-state index >= 15 is 0 Å². The van der Waals surface area contributed by atoms with E-state index < -0.39 is 0 Å². The van der Waals surface area contributed by atoms with E-state index in [1.165, 1.54) is 13.0 Å². The van der Waals surface area contributed by atoms with Crippen molar-refractivity contribution in [3.63, 3.8) is 0 Å². The van der Waals surface area contributed by atoms with E-state index in [-0.39, 0.29) is 0 Å². The molecule has 1 aromatic rings. The fourth-order valence-electron chi connectivity index (χ4n) is 2.25. The zero-order valence-electron chi connectivity index (χ0n) is 10.7. The lowest BCUT2D eigenvalue weighted by molar-refractivity contribution is 0.413. The highest BCUT2D eigenvalue weighted by molar-refractivity contribution is 5.31. The summed E-state index contributed by atoms with van der Waals surface area (Å²) >= 11 is 0. The fraction of sp³-hybridized carbons (Fsp3) is 0.750. The van der Waals surface area contributed by atoms with E-state index in [0.717, 1.165) is 18.2 Å². The lowest BCUT2D eigenvalue weighted by Crippen LogP contribution is -2.25. The molecular formula is C12H22N4. The molecule has 0 amide bonds. The maximum absolute atomic E-state index is 4.55. The minimum absolute atomic E-state index is 0.461. The molecule has 1 atom stereocenters. The normalized spacial score (nSPS) is 21.9. The number of hydrogen-bond acceptors (Lipinski definition) is 3. The molecule has 4 heteroatoms. The molecule has 1 aliphatic rings. The summed E-state index contributed by atoms with van der Waals surface area (Å²) < 4.78 is 2.22. The summed E-state index contributed by atoms with van der Waals surface area (Å²) in [5.41, 5.74) is 1.09. The second-order valence-corrected chi connectivity index (χ2v) is 5.10. The summed E-state index contributed by atoms with van der Waals surface area (Å²) in [6, 6.07) is 1.01. The number of likely N-dealkylation sites (N-methyl/N-ethyl adjacent to an activating group) is 1. The smallest absolute Gasteiger partial charge is 0.203 e. The van der Waals surface area contributed by atoms with Crippen LogP contribution in [0.4, 0.5) is 5.95 Å². The Bertz CT molecular complexity index is 356. The van der Waals surface area contributed by atoms with E-state index in [4.69, 9.17) is 0 Å². The molecule has 0 radical (unpaired) electrons. The maximum atomic E-state index is 4.55. The average Bonchev–Trinajstić information content (AvgIpc) is 2.74. The van der Waals surface area contributed by atoms with Gasteiger partial charge in [0.2, 0.25) is 5.95 Å². The molecule has 4 nitrogen and oxygen atoms in total. The van der Waals surface area contributed by atoms with Gasteiger partial charge in [0.05, 0.1) is 5.69 Å². The van der Waals surface area contributed by atoms with Gasteiger partial charge in [-0.3, -0.25) is 0 Å². The third kappa shape index (κ3) is 2.38. The van der Waals surface area contributed by atoms with Crippen LogP contribution in [-0.4, -0.2) is 40.6 Å². The third-order valence-electron chi connectivity index (χ3n) is 3.13. The number of nitrogens with zero attached hydrogens (tertiary/aromatic N) is 3. The summed E-state index contributed by atoms with van der Waals surface area (Å²) in [5, 5.41) is 3.55. The van der Waals surface area contributed by atoms with Crippen LogP contribution < -0.4 is 5.32 Å². The highest BCUT2D eigenvalue weighted by Gasteiger charge is 2.21. The van der Waals surface area contributed by atoms with Crippen molar-refractivity contribution in [2.75, 3.05) is 25.5 Å². The summed E-state index contributed by atoms with van der Waals surface area (Å²) in [7, 11) is 2.17. The van der Waals surface area contributed by atoms with Crippen LogP contribution >= 0.6 is 0 Å². The summed E-state index contributed by atoms with van der Waals surface area (Å²) in [5.74, 6) is 1.02. The molecule has 1 fully saturated rings. The largest absolute Gasteiger partial charge is 0.352 e. The van der Waals surface area contributed by atoms with Crippen molar-refractivity contribution in [2.45, 2.75) is 39.3 Å². The van der Waals surface area contributed by atoms with Crippen molar-refractivity contribution < 1.29 is 0 Å². The van der Waals surface area contributed by atoms with Gasteiger partial charge in [-0.2, -0.15) is 0 Å². The number of hydrogen-bond donors (Lipinski definition) is 1. The quantitative estimate of drug-likeness (QED) is 0.848. The second kappa shape index (κ2) is 4.45. The third-order valence-corrected chi connectivity index (χ3v) is 3.13. The Morgan fingerprint density at radius 1 is 1.50 bits per heavy atom. The van der Waals surface area contributed by atoms with E-state index in [1.807, 2.05) is 6.92 Å². The number of imidazole rings is 1. The predicted octanol–water partition coefficient (Wildman–Crippen LogP) is 1.89. The molecule has 2 rings (SSSR count). The molecule has 1 aromatic heterocycles. The van der Waals surface area contributed by atoms with Crippen LogP contribution in [0.15, 0.2) is 6.20 Å². The van der Waals surface area contributed by atoms with Gasteiger partial charge in [0.25, 0.3) is 0 Å². The molecule has 0 bridgehead atoms. The number of nitrogens with one attached hydrogen (secondary N) is 1. The Labute approximate surface area is 97.7 Å². The predicted molar refractivity (Wildman–Crippen MR) is 66.9 cm³/mol. The first-order chi connectivity index (χ1) is 7.56. The monoisotopic (exact) mass is 222 g/mol. The highest BCUT2D eigenvalue weighted by Crippen LogP contribution is 2.18. The van der Waals surface area contributed by atoms with Gasteiger partial charge in [0.15, 0.2) is 0 Å². The Hall–Kier alpha value is -1.03. The second-order valence-electron chi connectivity index (χ2n) is 5.10. The van der Waals surface area contributed by atoms with Gasteiger partial charge in [0.1, 0.15) is 0 Å². The van der Waals surface area contributed by atoms with E-state index in [2.05, 4.69) is 46.9 Å². The SMILES string of the molecule is Cc1cn(C(C)C)c(NC2CCN(C)C2)n1. The average molecular weight is 222 g/mol. The van der Waals surface area contributed by atoms with Crippen LogP contribution in [0.2, 0.25) is 0 Å². The summed E-state index contributed by atoms with van der Waals surface area (Å²) in [6.45, 7) is 8.72. The molecule has 1 saturated heterocycles. The highest BCUT2D eigenvalue weighted by atomic mass is 15.3. The molecule has 1 unspecified atom stereocenters. The first kappa shape index (κ1) is 11.5. The molecule has 0 aromatic carbocycles. The Balaban J connectivity index is 2.08. The standard InChI is InChI=1S/C12H22N4/c1-9(2)16-7-10(3)13-12(16)14-11-5-6-15(4)8-11/h7,9,11H,5-6,8H2,1-4H3,(H,13,14). The molecule has 1 aliphatic heterocycles. The van der Waals surface area contributed by atoms with Gasteiger partial charge >= 0.3 is 0 Å². The minimum atomic E-state index is 0.461. The number of aromatic nitrogens is 2. The molecule has 0 aliphatic carbocycles. The van der Waals surface area contributed by atoms with Gasteiger partial charge in [-0.15, -0.1) is 0 Å². The number of likely N-dealkylation sites (tertiary alicyclic amines) is 1. The van der Waals surface area contributed by atoms with E-state index in [9.17, 15) is 0 Å². The first-order valence-corrected chi connectivity index (χ1v) is 6.07. The van der Waals surface area contributed by atoms with Crippen LogP contribution in [0, 0.1) is 6.92 Å². The lowest BCUT2D eigenvalue weighted by Gasteiger charge is -2.17. The molecule has 16 heavy (non-hydrogen) atoms. The minimum Gasteiger partial charge on any atom is -0.352 e. The molecule has 0 spiro atoms. The van der Waals surface area contributed by atoms with Crippen molar-refractivity contribution in [2.24, 2.45) is 0 Å². The van der Waals surface area contributed by atoms with Gasteiger partial charge in [-0.05, 0) is 40.8 Å². The Morgan fingerprint density at radius 3 is 2.81 bits per heavy atom. The molecule has 90 valence electrons. The van der Waals surface area contributed by atoms with Gasteiger partial charge < -0.3 is 14.8 Å². The molecule has 0 saturated carbocycles. The zero-order chi connectivity index (χ0) is 11.7. The van der Waals surface area contributed by atoms with Gasteiger partial charge in [0, 0.05) is 24.8 Å².